The third-order valence-corrected chi connectivity index (χ3v) is 3.00. The predicted octanol–water partition coefficient (Wildman–Crippen LogP) is 1.45. The highest BCUT2D eigenvalue weighted by atomic mass is 16.5. The summed E-state index contributed by atoms with van der Waals surface area (Å²) < 4.78 is 10.3. The number of methoxy groups -OCH3 is 1. The SMILES string of the molecule is COCCCN1CC1C(=O)OCc1ccccc1. The molecule has 1 aromatic carbocycles. The molecule has 0 radical (unpaired) electrons. The summed E-state index contributed by atoms with van der Waals surface area (Å²) in [6, 6.07) is 9.71. The summed E-state index contributed by atoms with van der Waals surface area (Å²) >= 11 is 0. The highest BCUT2D eigenvalue weighted by Gasteiger charge is 2.40. The van der Waals surface area contributed by atoms with Crippen molar-refractivity contribution in [3.63, 3.8) is 0 Å². The van der Waals surface area contributed by atoms with Crippen LogP contribution in [0.4, 0.5) is 0 Å². The number of hydrogen-bond donors (Lipinski definition) is 0. The van der Waals surface area contributed by atoms with Crippen molar-refractivity contribution in [3.05, 3.63) is 35.9 Å². The molecule has 0 amide bonds. The zero-order chi connectivity index (χ0) is 12.8. The van der Waals surface area contributed by atoms with Crippen LogP contribution < -0.4 is 0 Å². The monoisotopic (exact) mass is 249 g/mol. The van der Waals surface area contributed by atoms with Gasteiger partial charge in [-0.3, -0.25) is 9.69 Å². The van der Waals surface area contributed by atoms with Crippen molar-refractivity contribution in [2.24, 2.45) is 0 Å². The Morgan fingerprint density at radius 2 is 2.17 bits per heavy atom. The highest BCUT2D eigenvalue weighted by Crippen LogP contribution is 2.19. The van der Waals surface area contributed by atoms with Crippen LogP contribution in [-0.4, -0.2) is 43.7 Å². The van der Waals surface area contributed by atoms with E-state index in [1.165, 1.54) is 0 Å². The molecule has 2 atom stereocenters. The van der Waals surface area contributed by atoms with Gasteiger partial charge in [0.2, 0.25) is 0 Å². The Hall–Kier alpha value is -1.39. The molecular formula is C14H19NO3. The van der Waals surface area contributed by atoms with E-state index in [1.54, 1.807) is 7.11 Å². The standard InChI is InChI=1S/C14H19NO3/c1-17-9-5-8-15-10-13(15)14(16)18-11-12-6-3-2-4-7-12/h2-4,6-7,13H,5,8-11H2,1H3. The first-order valence-corrected chi connectivity index (χ1v) is 6.25. The number of carbonyl (C=O) groups is 1. The maximum atomic E-state index is 11.7. The fourth-order valence-corrected chi connectivity index (χ4v) is 1.88. The van der Waals surface area contributed by atoms with Gasteiger partial charge in [0.05, 0.1) is 0 Å². The van der Waals surface area contributed by atoms with E-state index >= 15 is 0 Å². The molecule has 18 heavy (non-hydrogen) atoms. The molecule has 0 saturated carbocycles. The molecule has 98 valence electrons. The van der Waals surface area contributed by atoms with E-state index in [2.05, 4.69) is 4.90 Å². The maximum Gasteiger partial charge on any atom is 0.325 e. The van der Waals surface area contributed by atoms with Crippen LogP contribution >= 0.6 is 0 Å². The van der Waals surface area contributed by atoms with Gasteiger partial charge in [0.1, 0.15) is 12.6 Å². The topological polar surface area (TPSA) is 38.5 Å². The summed E-state index contributed by atoms with van der Waals surface area (Å²) in [5, 5.41) is 0. The molecule has 2 rings (SSSR count). The van der Waals surface area contributed by atoms with Crippen LogP contribution in [0.1, 0.15) is 12.0 Å². The van der Waals surface area contributed by atoms with Gasteiger partial charge in [0, 0.05) is 26.8 Å². The molecule has 0 spiro atoms. The molecule has 4 heteroatoms. The number of esters is 1. The van der Waals surface area contributed by atoms with E-state index in [0.717, 1.165) is 31.7 Å². The number of nitrogens with zero attached hydrogens (tertiary/aromatic N) is 1. The molecule has 1 aromatic rings. The van der Waals surface area contributed by atoms with Crippen LogP contribution in [0.25, 0.3) is 0 Å². The van der Waals surface area contributed by atoms with Crippen LogP contribution in [0, 0.1) is 0 Å². The quantitative estimate of drug-likeness (QED) is 0.416. The summed E-state index contributed by atoms with van der Waals surface area (Å²) in [6.45, 7) is 2.82. The van der Waals surface area contributed by atoms with Gasteiger partial charge < -0.3 is 9.47 Å². The lowest BCUT2D eigenvalue weighted by molar-refractivity contribution is -0.145. The molecule has 0 bridgehead atoms. The summed E-state index contributed by atoms with van der Waals surface area (Å²) in [5.74, 6) is -0.115. The van der Waals surface area contributed by atoms with Gasteiger partial charge in [0.25, 0.3) is 0 Å². The third-order valence-electron chi connectivity index (χ3n) is 3.00. The zero-order valence-electron chi connectivity index (χ0n) is 10.7. The van der Waals surface area contributed by atoms with Crippen LogP contribution in [0.5, 0.6) is 0 Å². The Balaban J connectivity index is 1.65. The van der Waals surface area contributed by atoms with Crippen LogP contribution in [0.3, 0.4) is 0 Å². The number of rotatable bonds is 7. The van der Waals surface area contributed by atoms with E-state index in [9.17, 15) is 4.79 Å². The largest absolute Gasteiger partial charge is 0.460 e. The number of benzene rings is 1. The van der Waals surface area contributed by atoms with Crippen molar-refractivity contribution in [1.29, 1.82) is 0 Å². The maximum absolute atomic E-state index is 11.7. The molecule has 0 N–H and O–H groups in total. The van der Waals surface area contributed by atoms with Crippen LogP contribution in [0.2, 0.25) is 0 Å². The molecule has 1 fully saturated rings. The average molecular weight is 249 g/mol. The number of ether oxygens (including phenoxy) is 2. The minimum Gasteiger partial charge on any atom is -0.460 e. The molecule has 0 aromatic heterocycles. The highest BCUT2D eigenvalue weighted by molar-refractivity contribution is 5.79. The smallest absolute Gasteiger partial charge is 0.325 e. The molecule has 1 aliphatic rings. The lowest BCUT2D eigenvalue weighted by atomic mass is 10.2. The molecule has 0 aliphatic carbocycles. The van der Waals surface area contributed by atoms with E-state index in [4.69, 9.17) is 9.47 Å². The van der Waals surface area contributed by atoms with Crippen LogP contribution in [0.15, 0.2) is 30.3 Å². The normalized spacial score (nSPS) is 21.6. The first kappa shape index (κ1) is 13.1. The molecule has 1 aliphatic heterocycles. The summed E-state index contributed by atoms with van der Waals surface area (Å²) in [7, 11) is 1.69. The van der Waals surface area contributed by atoms with Gasteiger partial charge in [0.15, 0.2) is 0 Å². The fraction of sp³-hybridized carbons (Fsp3) is 0.500. The van der Waals surface area contributed by atoms with Crippen molar-refractivity contribution in [1.82, 2.24) is 4.90 Å². The van der Waals surface area contributed by atoms with E-state index in [0.29, 0.717) is 6.61 Å². The lowest BCUT2D eigenvalue weighted by Crippen LogP contribution is -2.17. The predicted molar refractivity (Wildman–Crippen MR) is 68.1 cm³/mol. The number of hydrogen-bond acceptors (Lipinski definition) is 4. The number of carbonyl (C=O) groups excluding carboxylic acids is 1. The van der Waals surface area contributed by atoms with Crippen molar-refractivity contribution < 1.29 is 14.3 Å². The Bertz CT molecular complexity index is 380. The second-order valence-electron chi connectivity index (χ2n) is 4.45. The van der Waals surface area contributed by atoms with Gasteiger partial charge in [-0.1, -0.05) is 30.3 Å². The van der Waals surface area contributed by atoms with Gasteiger partial charge >= 0.3 is 5.97 Å². The summed E-state index contributed by atoms with van der Waals surface area (Å²) in [5.41, 5.74) is 1.03. The molecular weight excluding hydrogens is 230 g/mol. The third kappa shape index (κ3) is 3.82. The Kier molecular flexibility index (Phi) is 4.73. The minimum absolute atomic E-state index is 0.0365. The Morgan fingerprint density at radius 3 is 2.89 bits per heavy atom. The molecule has 4 nitrogen and oxygen atoms in total. The van der Waals surface area contributed by atoms with Crippen LogP contribution in [-0.2, 0) is 20.9 Å². The molecule has 1 saturated heterocycles. The second-order valence-corrected chi connectivity index (χ2v) is 4.45. The van der Waals surface area contributed by atoms with Crippen molar-refractivity contribution in [3.8, 4) is 0 Å². The first-order valence-electron chi connectivity index (χ1n) is 6.25. The second kappa shape index (κ2) is 6.52. The fourth-order valence-electron chi connectivity index (χ4n) is 1.88. The summed E-state index contributed by atoms with van der Waals surface area (Å²) in [6.07, 6.45) is 0.957. The Morgan fingerprint density at radius 1 is 1.39 bits per heavy atom. The first-order chi connectivity index (χ1) is 8.81. The van der Waals surface area contributed by atoms with Gasteiger partial charge in [-0.25, -0.2) is 0 Å². The van der Waals surface area contributed by atoms with E-state index < -0.39 is 0 Å². The Labute approximate surface area is 107 Å². The van der Waals surface area contributed by atoms with E-state index in [-0.39, 0.29) is 12.0 Å². The average Bonchev–Trinajstić information content (AvgIpc) is 3.17. The van der Waals surface area contributed by atoms with Crippen molar-refractivity contribution in [2.45, 2.75) is 19.1 Å². The van der Waals surface area contributed by atoms with Crippen molar-refractivity contribution >= 4 is 5.97 Å². The van der Waals surface area contributed by atoms with E-state index in [1.807, 2.05) is 30.3 Å². The molecule has 2 unspecified atom stereocenters. The molecule has 1 heterocycles. The zero-order valence-corrected chi connectivity index (χ0v) is 10.7. The van der Waals surface area contributed by atoms with Gasteiger partial charge in [-0.15, -0.1) is 0 Å². The van der Waals surface area contributed by atoms with Gasteiger partial charge in [-0.05, 0) is 12.0 Å². The minimum atomic E-state index is -0.115. The summed E-state index contributed by atoms with van der Waals surface area (Å²) in [4.78, 5) is 13.8. The van der Waals surface area contributed by atoms with Crippen molar-refractivity contribution in [2.75, 3.05) is 26.8 Å². The lowest BCUT2D eigenvalue weighted by Gasteiger charge is -2.05. The van der Waals surface area contributed by atoms with Gasteiger partial charge in [-0.2, -0.15) is 0 Å².